The highest BCUT2D eigenvalue weighted by atomic mass is 32.2. The fraction of sp³-hybridized carbons (Fsp3) is 0.667. The molecular formula is C15H21F3N2O5S2. The van der Waals surface area contributed by atoms with Crippen molar-refractivity contribution in [3.05, 3.63) is 17.5 Å². The van der Waals surface area contributed by atoms with E-state index in [1.165, 1.54) is 11.3 Å². The molecule has 27 heavy (non-hydrogen) atoms. The zero-order valence-corrected chi connectivity index (χ0v) is 16.4. The third kappa shape index (κ3) is 4.99. The van der Waals surface area contributed by atoms with Gasteiger partial charge in [-0.2, -0.15) is 17.5 Å². The molecule has 0 radical (unpaired) electrons. The lowest BCUT2D eigenvalue weighted by Gasteiger charge is -2.33. The first-order valence-electron chi connectivity index (χ1n) is 8.09. The van der Waals surface area contributed by atoms with E-state index >= 15 is 0 Å². The van der Waals surface area contributed by atoms with Crippen molar-refractivity contribution in [1.29, 1.82) is 0 Å². The second-order valence-corrected chi connectivity index (χ2v) is 9.45. The van der Waals surface area contributed by atoms with Crippen LogP contribution in [0.5, 0.6) is 0 Å². The first-order chi connectivity index (χ1) is 12.5. The van der Waals surface area contributed by atoms with E-state index < -0.39 is 22.2 Å². The van der Waals surface area contributed by atoms with E-state index in [0.717, 1.165) is 19.4 Å². The van der Waals surface area contributed by atoms with Gasteiger partial charge in [-0.15, -0.1) is 11.3 Å². The number of carbonyl (C=O) groups is 1. The predicted octanol–water partition coefficient (Wildman–Crippen LogP) is 1.86. The van der Waals surface area contributed by atoms with Crippen LogP contribution < -0.4 is 0 Å². The van der Waals surface area contributed by atoms with Crippen LogP contribution in [-0.2, 0) is 19.6 Å². The average molecular weight is 430 g/mol. The smallest absolute Gasteiger partial charge is 0.475 e. The Hall–Kier alpha value is -1.21. The van der Waals surface area contributed by atoms with E-state index in [2.05, 4.69) is 4.90 Å². The summed E-state index contributed by atoms with van der Waals surface area (Å²) in [6.07, 6.45) is -3.27. The summed E-state index contributed by atoms with van der Waals surface area (Å²) in [5.74, 6) is -2.76. The summed E-state index contributed by atoms with van der Waals surface area (Å²) in [5, 5.41) is 8.93. The molecular weight excluding hydrogens is 409 g/mol. The van der Waals surface area contributed by atoms with Crippen LogP contribution in [0, 0.1) is 0 Å². The van der Waals surface area contributed by atoms with E-state index in [1.54, 1.807) is 21.8 Å². The Kier molecular flexibility index (Phi) is 6.90. The molecule has 0 saturated carbocycles. The standard InChI is InChI=1S/C13H20N2O3S2.C2HF3O2/c1-14(2)11-9-15(10-5-3-7-18-13(10)11)20(16,17)12-6-4-8-19-12;3-2(4,5)1(6)7/h4,6,8,10-11,13H,3,5,7,9H2,1-2H3;(H,6,7)/t10-,11-,13+;/m1./s1. The average Bonchev–Trinajstić information content (AvgIpc) is 3.23. The van der Waals surface area contributed by atoms with Crippen molar-refractivity contribution in [3.8, 4) is 0 Å². The summed E-state index contributed by atoms with van der Waals surface area (Å²) in [5.41, 5.74) is 0. The Balaban J connectivity index is 0.000000321. The molecule has 2 aliphatic rings. The zero-order valence-electron chi connectivity index (χ0n) is 14.7. The Morgan fingerprint density at radius 3 is 2.52 bits per heavy atom. The molecule has 0 aliphatic carbocycles. The largest absolute Gasteiger partial charge is 0.490 e. The van der Waals surface area contributed by atoms with Crippen molar-refractivity contribution in [2.75, 3.05) is 27.2 Å². The highest BCUT2D eigenvalue weighted by Crippen LogP contribution is 2.35. The molecule has 1 aromatic rings. The van der Waals surface area contributed by atoms with Crippen molar-refractivity contribution in [2.45, 2.75) is 41.4 Å². The number of thiophene rings is 1. The number of likely N-dealkylation sites (N-methyl/N-ethyl adjacent to an activating group) is 1. The number of sulfonamides is 1. The van der Waals surface area contributed by atoms with E-state index in [-0.39, 0.29) is 18.2 Å². The van der Waals surface area contributed by atoms with Crippen LogP contribution in [0.25, 0.3) is 0 Å². The van der Waals surface area contributed by atoms with E-state index in [4.69, 9.17) is 14.6 Å². The number of carboxylic acid groups (broad SMARTS) is 1. The molecule has 1 N–H and O–H groups in total. The normalized spacial score (nSPS) is 26.4. The molecule has 0 aromatic carbocycles. The number of rotatable bonds is 3. The van der Waals surface area contributed by atoms with E-state index in [0.29, 0.717) is 10.8 Å². The van der Waals surface area contributed by atoms with Crippen LogP contribution in [0.15, 0.2) is 21.7 Å². The van der Waals surface area contributed by atoms with Gasteiger partial charge in [-0.05, 0) is 38.4 Å². The van der Waals surface area contributed by atoms with Crippen molar-refractivity contribution < 1.29 is 36.2 Å². The van der Waals surface area contributed by atoms with E-state index in [1.807, 2.05) is 14.1 Å². The Morgan fingerprint density at radius 2 is 2.04 bits per heavy atom. The lowest BCUT2D eigenvalue weighted by atomic mass is 10.0. The second-order valence-electron chi connectivity index (χ2n) is 6.39. The fourth-order valence-corrected chi connectivity index (χ4v) is 5.95. The quantitative estimate of drug-likeness (QED) is 0.788. The van der Waals surface area contributed by atoms with Crippen LogP contribution in [0.1, 0.15) is 12.8 Å². The number of aliphatic carboxylic acids is 1. The maximum atomic E-state index is 12.8. The van der Waals surface area contributed by atoms with Gasteiger partial charge in [-0.3, -0.25) is 0 Å². The Morgan fingerprint density at radius 1 is 1.41 bits per heavy atom. The first-order valence-corrected chi connectivity index (χ1v) is 10.4. The summed E-state index contributed by atoms with van der Waals surface area (Å²) in [6, 6.07) is 3.58. The van der Waals surface area contributed by atoms with Crippen LogP contribution in [-0.4, -0.2) is 80.3 Å². The predicted molar refractivity (Wildman–Crippen MR) is 92.1 cm³/mol. The van der Waals surface area contributed by atoms with Crippen molar-refractivity contribution >= 4 is 27.3 Å². The van der Waals surface area contributed by atoms with Gasteiger partial charge in [-0.25, -0.2) is 13.2 Å². The molecule has 0 spiro atoms. The Bertz CT molecular complexity index is 737. The molecule has 3 atom stereocenters. The van der Waals surface area contributed by atoms with Gasteiger partial charge in [0.1, 0.15) is 4.21 Å². The summed E-state index contributed by atoms with van der Waals surface area (Å²) >= 11 is 1.28. The van der Waals surface area contributed by atoms with Gasteiger partial charge in [0.25, 0.3) is 10.0 Å². The van der Waals surface area contributed by atoms with Crippen LogP contribution in [0.2, 0.25) is 0 Å². The number of alkyl halides is 3. The van der Waals surface area contributed by atoms with Crippen molar-refractivity contribution in [1.82, 2.24) is 9.21 Å². The molecule has 1 aromatic heterocycles. The maximum Gasteiger partial charge on any atom is 0.490 e. The minimum atomic E-state index is -5.08. The number of ether oxygens (including phenoxy) is 1. The molecule has 0 unspecified atom stereocenters. The molecule has 0 bridgehead atoms. The summed E-state index contributed by atoms with van der Waals surface area (Å²) < 4.78 is 65.3. The van der Waals surface area contributed by atoms with Crippen molar-refractivity contribution in [2.24, 2.45) is 0 Å². The van der Waals surface area contributed by atoms with Gasteiger partial charge < -0.3 is 14.7 Å². The zero-order chi connectivity index (χ0) is 20.4. The second kappa shape index (κ2) is 8.43. The van der Waals surface area contributed by atoms with Gasteiger partial charge in [-0.1, -0.05) is 6.07 Å². The highest BCUT2D eigenvalue weighted by molar-refractivity contribution is 7.91. The third-order valence-corrected chi connectivity index (χ3v) is 7.68. The first kappa shape index (κ1) is 22.1. The SMILES string of the molecule is CN(C)[C@@H]1CN(S(=O)(=O)c2cccs2)[C@@H]2CCCO[C@H]12.O=C(O)C(F)(F)F. The molecule has 3 heterocycles. The van der Waals surface area contributed by atoms with Crippen molar-refractivity contribution in [3.63, 3.8) is 0 Å². The summed E-state index contributed by atoms with van der Waals surface area (Å²) in [7, 11) is 0.587. The van der Waals surface area contributed by atoms with Crippen LogP contribution in [0.3, 0.4) is 0 Å². The van der Waals surface area contributed by atoms with E-state index in [9.17, 15) is 21.6 Å². The lowest BCUT2D eigenvalue weighted by molar-refractivity contribution is -0.192. The third-order valence-electron chi connectivity index (χ3n) is 4.41. The lowest BCUT2D eigenvalue weighted by Crippen LogP contribution is -2.45. The molecule has 7 nitrogen and oxygen atoms in total. The monoisotopic (exact) mass is 430 g/mol. The van der Waals surface area contributed by atoms with Gasteiger partial charge in [0.2, 0.25) is 0 Å². The maximum absolute atomic E-state index is 12.8. The number of halogens is 3. The Labute approximate surface area is 159 Å². The van der Waals surface area contributed by atoms with Gasteiger partial charge in [0.05, 0.1) is 18.2 Å². The fourth-order valence-electron chi connectivity index (χ4n) is 3.15. The molecule has 2 aliphatic heterocycles. The highest BCUT2D eigenvalue weighted by Gasteiger charge is 2.50. The van der Waals surface area contributed by atoms with Crippen LogP contribution >= 0.6 is 11.3 Å². The minimum absolute atomic E-state index is 0.00603. The number of hydrogen-bond acceptors (Lipinski definition) is 6. The van der Waals surface area contributed by atoms with Gasteiger partial charge in [0.15, 0.2) is 0 Å². The van der Waals surface area contributed by atoms with Gasteiger partial charge in [0, 0.05) is 13.2 Å². The number of carboxylic acids is 1. The molecule has 2 saturated heterocycles. The number of hydrogen-bond donors (Lipinski definition) is 1. The summed E-state index contributed by atoms with van der Waals surface area (Å²) in [4.78, 5) is 11.0. The van der Waals surface area contributed by atoms with Crippen LogP contribution in [0.4, 0.5) is 13.2 Å². The molecule has 12 heteroatoms. The molecule has 2 fully saturated rings. The van der Waals surface area contributed by atoms with Gasteiger partial charge >= 0.3 is 12.1 Å². The molecule has 3 rings (SSSR count). The summed E-state index contributed by atoms with van der Waals surface area (Å²) in [6.45, 7) is 1.25. The minimum Gasteiger partial charge on any atom is -0.475 e. The molecule has 154 valence electrons. The number of nitrogens with zero attached hydrogens (tertiary/aromatic N) is 2. The topological polar surface area (TPSA) is 87.2 Å². The number of fused-ring (bicyclic) bond motifs is 1. The molecule has 0 amide bonds.